The number of nitrogens with zero attached hydrogens (tertiary/aromatic N) is 1. The normalized spacial score (nSPS) is 11.5. The minimum absolute atomic E-state index is 0.212. The number of hydrogen-bond acceptors (Lipinski definition) is 4. The average Bonchev–Trinajstić information content (AvgIpc) is 2.41. The first-order valence-electron chi connectivity index (χ1n) is 6.16. The highest BCUT2D eigenvalue weighted by Crippen LogP contribution is 2.20. The van der Waals surface area contributed by atoms with Crippen LogP contribution in [-0.2, 0) is 16.6 Å². The van der Waals surface area contributed by atoms with Crippen LogP contribution >= 0.6 is 0 Å². The summed E-state index contributed by atoms with van der Waals surface area (Å²) in [5.74, 6) is 0. The van der Waals surface area contributed by atoms with Gasteiger partial charge in [-0.1, -0.05) is 6.07 Å². The predicted molar refractivity (Wildman–Crippen MR) is 78.6 cm³/mol. The van der Waals surface area contributed by atoms with Gasteiger partial charge in [0, 0.05) is 24.6 Å². The number of aryl methyl sites for hydroxylation is 1. The minimum atomic E-state index is -3.58. The van der Waals surface area contributed by atoms with Crippen LogP contribution in [0.2, 0.25) is 0 Å². The van der Waals surface area contributed by atoms with Crippen molar-refractivity contribution < 1.29 is 8.42 Å². The predicted octanol–water partition coefficient (Wildman–Crippen LogP) is 1.76. The lowest BCUT2D eigenvalue weighted by Gasteiger charge is -2.11. The van der Waals surface area contributed by atoms with E-state index in [0.29, 0.717) is 11.3 Å². The summed E-state index contributed by atoms with van der Waals surface area (Å²) in [6.07, 6.45) is 3.35. The number of hydrogen-bond donors (Lipinski definition) is 2. The highest BCUT2D eigenvalue weighted by molar-refractivity contribution is 7.89. The molecular formula is C14H17N3O2S. The Morgan fingerprint density at radius 2 is 2.00 bits per heavy atom. The first-order chi connectivity index (χ1) is 9.42. The van der Waals surface area contributed by atoms with Gasteiger partial charge in [-0.3, -0.25) is 4.98 Å². The smallest absolute Gasteiger partial charge is 0.241 e. The first-order valence-corrected chi connectivity index (χ1v) is 7.64. The van der Waals surface area contributed by atoms with Gasteiger partial charge in [0.1, 0.15) is 0 Å². The van der Waals surface area contributed by atoms with Crippen LogP contribution < -0.4 is 10.5 Å². The number of rotatable bonds is 4. The number of nitrogens with one attached hydrogen (secondary N) is 1. The Labute approximate surface area is 118 Å². The van der Waals surface area contributed by atoms with Crippen molar-refractivity contribution in [2.75, 3.05) is 5.73 Å². The fourth-order valence-corrected chi connectivity index (χ4v) is 3.15. The van der Waals surface area contributed by atoms with E-state index < -0.39 is 10.0 Å². The summed E-state index contributed by atoms with van der Waals surface area (Å²) in [5, 5.41) is 0. The number of pyridine rings is 1. The average molecular weight is 291 g/mol. The monoisotopic (exact) mass is 291 g/mol. The molecule has 1 aromatic heterocycles. The largest absolute Gasteiger partial charge is 0.398 e. The number of benzene rings is 1. The molecule has 106 valence electrons. The molecule has 0 bridgehead atoms. The number of aromatic nitrogens is 1. The van der Waals surface area contributed by atoms with E-state index in [1.165, 1.54) is 0 Å². The molecule has 0 saturated heterocycles. The van der Waals surface area contributed by atoms with Crippen LogP contribution in [0.1, 0.15) is 16.7 Å². The summed E-state index contributed by atoms with van der Waals surface area (Å²) in [5.41, 5.74) is 8.61. The Balaban J connectivity index is 2.24. The van der Waals surface area contributed by atoms with Crippen LogP contribution in [0.3, 0.4) is 0 Å². The van der Waals surface area contributed by atoms with Crippen molar-refractivity contribution in [1.29, 1.82) is 0 Å². The summed E-state index contributed by atoms with van der Waals surface area (Å²) in [4.78, 5) is 4.19. The maximum atomic E-state index is 12.3. The minimum Gasteiger partial charge on any atom is -0.398 e. The molecule has 3 N–H and O–H groups in total. The van der Waals surface area contributed by atoms with Crippen molar-refractivity contribution in [2.24, 2.45) is 0 Å². The molecule has 1 heterocycles. The molecule has 2 rings (SSSR count). The van der Waals surface area contributed by atoms with Gasteiger partial charge in [-0.2, -0.15) is 0 Å². The maximum absolute atomic E-state index is 12.3. The maximum Gasteiger partial charge on any atom is 0.241 e. The summed E-state index contributed by atoms with van der Waals surface area (Å²) in [6, 6.07) is 6.66. The Morgan fingerprint density at radius 1 is 1.25 bits per heavy atom. The molecule has 1 aromatic carbocycles. The molecule has 0 spiro atoms. The third-order valence-corrected chi connectivity index (χ3v) is 4.75. The summed E-state index contributed by atoms with van der Waals surface area (Å²) < 4.78 is 27.2. The topological polar surface area (TPSA) is 85.1 Å². The molecule has 0 fully saturated rings. The van der Waals surface area contributed by atoms with Gasteiger partial charge in [0.2, 0.25) is 10.0 Å². The first kappa shape index (κ1) is 14.5. The summed E-state index contributed by atoms with van der Waals surface area (Å²) in [6.45, 7) is 3.81. The van der Waals surface area contributed by atoms with Gasteiger partial charge in [-0.15, -0.1) is 0 Å². The second-order valence-electron chi connectivity index (χ2n) is 4.60. The fourth-order valence-electron chi connectivity index (χ4n) is 1.87. The van der Waals surface area contributed by atoms with Crippen molar-refractivity contribution in [2.45, 2.75) is 25.3 Å². The third-order valence-electron chi connectivity index (χ3n) is 3.20. The number of sulfonamides is 1. The van der Waals surface area contributed by atoms with E-state index in [1.54, 1.807) is 43.6 Å². The molecule has 0 amide bonds. The van der Waals surface area contributed by atoms with Crippen molar-refractivity contribution in [3.8, 4) is 0 Å². The van der Waals surface area contributed by atoms with Crippen LogP contribution in [0.4, 0.5) is 5.69 Å². The number of nitrogens with two attached hydrogens (primary N) is 1. The number of anilines is 1. The fraction of sp³-hybridized carbons (Fsp3) is 0.214. The van der Waals surface area contributed by atoms with E-state index in [9.17, 15) is 8.42 Å². The molecule has 0 aliphatic rings. The molecule has 0 atom stereocenters. The van der Waals surface area contributed by atoms with Gasteiger partial charge >= 0.3 is 0 Å². The molecule has 5 nitrogen and oxygen atoms in total. The van der Waals surface area contributed by atoms with Gasteiger partial charge < -0.3 is 5.73 Å². The molecule has 2 aromatic rings. The summed E-state index contributed by atoms with van der Waals surface area (Å²) >= 11 is 0. The van der Waals surface area contributed by atoms with Crippen molar-refractivity contribution in [1.82, 2.24) is 9.71 Å². The van der Waals surface area contributed by atoms with Crippen molar-refractivity contribution >= 4 is 15.7 Å². The van der Waals surface area contributed by atoms with Gasteiger partial charge in [-0.25, -0.2) is 13.1 Å². The standard InChI is InChI=1S/C14H17N3O2S/c1-10-8-16-7-6-12(10)9-17-20(18,19)14-5-3-4-13(15)11(14)2/h3-8,17H,9,15H2,1-2H3. The van der Waals surface area contributed by atoms with E-state index in [2.05, 4.69) is 9.71 Å². The van der Waals surface area contributed by atoms with Gasteiger partial charge in [0.05, 0.1) is 4.90 Å². The number of nitrogen functional groups attached to an aromatic ring is 1. The van der Waals surface area contributed by atoms with Gasteiger partial charge in [-0.05, 0) is 48.7 Å². The van der Waals surface area contributed by atoms with Crippen LogP contribution in [0.15, 0.2) is 41.6 Å². The highest BCUT2D eigenvalue weighted by Gasteiger charge is 2.17. The second-order valence-corrected chi connectivity index (χ2v) is 6.33. The molecular weight excluding hydrogens is 274 g/mol. The highest BCUT2D eigenvalue weighted by atomic mass is 32.2. The lowest BCUT2D eigenvalue weighted by molar-refractivity contribution is 0.580. The van der Waals surface area contributed by atoms with E-state index in [-0.39, 0.29) is 11.4 Å². The Kier molecular flexibility index (Phi) is 4.06. The summed E-state index contributed by atoms with van der Waals surface area (Å²) in [7, 11) is -3.58. The SMILES string of the molecule is Cc1cnccc1CNS(=O)(=O)c1cccc(N)c1C. The van der Waals surface area contributed by atoms with E-state index in [0.717, 1.165) is 11.1 Å². The Hall–Kier alpha value is -1.92. The Bertz CT molecular complexity index is 727. The Morgan fingerprint density at radius 3 is 2.70 bits per heavy atom. The molecule has 0 saturated carbocycles. The molecule has 0 aliphatic carbocycles. The van der Waals surface area contributed by atoms with Gasteiger partial charge in [0.25, 0.3) is 0 Å². The van der Waals surface area contributed by atoms with Crippen molar-refractivity contribution in [3.05, 3.63) is 53.3 Å². The molecule has 0 aliphatic heterocycles. The van der Waals surface area contributed by atoms with Crippen LogP contribution in [0.5, 0.6) is 0 Å². The lowest BCUT2D eigenvalue weighted by Crippen LogP contribution is -2.24. The van der Waals surface area contributed by atoms with E-state index in [1.807, 2.05) is 6.92 Å². The zero-order valence-electron chi connectivity index (χ0n) is 11.4. The van der Waals surface area contributed by atoms with Crippen LogP contribution in [0.25, 0.3) is 0 Å². The molecule has 0 unspecified atom stereocenters. The van der Waals surface area contributed by atoms with Crippen molar-refractivity contribution in [3.63, 3.8) is 0 Å². The molecule has 0 radical (unpaired) electrons. The molecule has 6 heteroatoms. The van der Waals surface area contributed by atoms with E-state index in [4.69, 9.17) is 5.73 Å². The second kappa shape index (κ2) is 5.60. The third kappa shape index (κ3) is 2.97. The van der Waals surface area contributed by atoms with Crippen LogP contribution in [-0.4, -0.2) is 13.4 Å². The van der Waals surface area contributed by atoms with Gasteiger partial charge in [0.15, 0.2) is 0 Å². The molecule has 20 heavy (non-hydrogen) atoms. The lowest BCUT2D eigenvalue weighted by atomic mass is 10.2. The zero-order valence-corrected chi connectivity index (χ0v) is 12.2. The zero-order chi connectivity index (χ0) is 14.8. The van der Waals surface area contributed by atoms with Crippen LogP contribution in [0, 0.1) is 13.8 Å². The quantitative estimate of drug-likeness (QED) is 0.841. The van der Waals surface area contributed by atoms with E-state index >= 15 is 0 Å².